The molecule has 1 unspecified atom stereocenters. The second-order valence-corrected chi connectivity index (χ2v) is 11.0. The van der Waals surface area contributed by atoms with Gasteiger partial charge < -0.3 is 14.6 Å². The predicted molar refractivity (Wildman–Crippen MR) is 158 cm³/mol. The number of carbonyl (C=O) groups excluding carboxylic acids is 2. The molecule has 0 bridgehead atoms. The molecule has 3 aromatic rings. The van der Waals surface area contributed by atoms with Crippen molar-refractivity contribution in [2.45, 2.75) is 68.2 Å². The molecule has 0 radical (unpaired) electrons. The Bertz CT molecular complexity index is 1180. The Labute approximate surface area is 241 Å². The summed E-state index contributed by atoms with van der Waals surface area (Å²) >= 11 is 0.854. The van der Waals surface area contributed by atoms with Gasteiger partial charge in [-0.05, 0) is 60.1 Å². The number of carbonyl (C=O) groups is 2. The molecular weight excluding hydrogens is 527 g/mol. The van der Waals surface area contributed by atoms with Crippen molar-refractivity contribution >= 4 is 23.7 Å². The molecular formula is C33H39FO5S. The number of aryl methyl sites for hydroxylation is 2. The molecule has 40 heavy (non-hydrogen) atoms. The van der Waals surface area contributed by atoms with E-state index < -0.39 is 28.8 Å². The van der Waals surface area contributed by atoms with Crippen LogP contribution in [0.15, 0.2) is 78.9 Å². The number of methoxy groups -OCH3 is 2. The number of unbranched alkanes of at least 4 members (excludes halogenated alkanes) is 5. The van der Waals surface area contributed by atoms with Gasteiger partial charge >= 0.3 is 11.9 Å². The van der Waals surface area contributed by atoms with E-state index in [0.717, 1.165) is 55.0 Å². The molecule has 0 aromatic heterocycles. The number of aliphatic hydroxyl groups is 1. The number of halogens is 1. The van der Waals surface area contributed by atoms with Crippen molar-refractivity contribution in [1.82, 2.24) is 0 Å². The lowest BCUT2D eigenvalue weighted by molar-refractivity contribution is -0.150. The minimum Gasteiger partial charge on any atom is -0.467 e. The second-order valence-electron chi connectivity index (χ2n) is 9.76. The van der Waals surface area contributed by atoms with E-state index in [-0.39, 0.29) is 0 Å². The second kappa shape index (κ2) is 16.8. The van der Waals surface area contributed by atoms with Crippen LogP contribution in [0.2, 0.25) is 0 Å². The van der Waals surface area contributed by atoms with Gasteiger partial charge in [-0.25, -0.2) is 14.0 Å². The van der Waals surface area contributed by atoms with E-state index in [1.807, 2.05) is 30.3 Å². The van der Waals surface area contributed by atoms with E-state index in [1.165, 1.54) is 63.3 Å². The Hall–Kier alpha value is -3.16. The fourth-order valence-corrected chi connectivity index (χ4v) is 5.90. The third-order valence-corrected chi connectivity index (χ3v) is 8.27. The number of thioether (sulfide) groups is 1. The van der Waals surface area contributed by atoms with Crippen molar-refractivity contribution < 1.29 is 28.6 Å². The number of aliphatic hydroxyl groups excluding tert-OH is 1. The molecule has 0 amide bonds. The first-order valence-electron chi connectivity index (χ1n) is 13.8. The number of hydrogen-bond acceptors (Lipinski definition) is 6. The predicted octanol–water partition coefficient (Wildman–Crippen LogP) is 7.58. The minimum absolute atomic E-state index is 0.316. The molecule has 7 heteroatoms. The maximum absolute atomic E-state index is 15.5. The standard InChI is InChI=1S/C33H39FO5S/c1-38-32(36)27-22-20-26(21-23-27)31(34)40-30(29(35)33(37)39-2)28-19-13-12-18-25(28)17-11-6-4-3-5-8-14-24-15-9-7-10-16-24/h7,9-10,12-13,15-16,18-23,29-31,35H,3-6,8,11,14,17H2,1-2H3/t29?,30-,31+/m0/s1. The lowest BCUT2D eigenvalue weighted by atomic mass is 9.96. The Kier molecular flexibility index (Phi) is 13.2. The van der Waals surface area contributed by atoms with Crippen LogP contribution in [0.5, 0.6) is 0 Å². The average molecular weight is 567 g/mol. The summed E-state index contributed by atoms with van der Waals surface area (Å²) in [7, 11) is 2.49. The van der Waals surface area contributed by atoms with Crippen molar-refractivity contribution in [3.8, 4) is 0 Å². The van der Waals surface area contributed by atoms with E-state index in [1.54, 1.807) is 0 Å². The van der Waals surface area contributed by atoms with Gasteiger partial charge in [-0.3, -0.25) is 0 Å². The van der Waals surface area contributed by atoms with Crippen molar-refractivity contribution in [2.75, 3.05) is 14.2 Å². The van der Waals surface area contributed by atoms with E-state index in [9.17, 15) is 14.7 Å². The number of rotatable bonds is 16. The Morgan fingerprint density at radius 1 is 0.775 bits per heavy atom. The van der Waals surface area contributed by atoms with Crippen LogP contribution in [0, 0.1) is 0 Å². The first-order valence-corrected chi connectivity index (χ1v) is 14.7. The van der Waals surface area contributed by atoms with Gasteiger partial charge in [0.05, 0.1) is 25.0 Å². The minimum atomic E-state index is -1.54. The van der Waals surface area contributed by atoms with Gasteiger partial charge in [-0.15, -0.1) is 11.8 Å². The maximum Gasteiger partial charge on any atom is 0.337 e. The molecule has 0 aliphatic heterocycles. The molecule has 0 saturated heterocycles. The van der Waals surface area contributed by atoms with Crippen LogP contribution in [-0.2, 0) is 27.1 Å². The summed E-state index contributed by atoms with van der Waals surface area (Å²) in [4.78, 5) is 24.0. The van der Waals surface area contributed by atoms with Crippen LogP contribution in [0.3, 0.4) is 0 Å². The number of benzene rings is 3. The normalized spacial score (nSPS) is 13.3. The lowest BCUT2D eigenvalue weighted by Gasteiger charge is -2.25. The van der Waals surface area contributed by atoms with Crippen LogP contribution in [0.25, 0.3) is 0 Å². The summed E-state index contributed by atoms with van der Waals surface area (Å²) in [5.41, 5.74) is 2.19. The summed E-state index contributed by atoms with van der Waals surface area (Å²) in [6.07, 6.45) is 7.12. The smallest absolute Gasteiger partial charge is 0.337 e. The van der Waals surface area contributed by atoms with Gasteiger partial charge in [-0.1, -0.05) is 92.4 Å². The van der Waals surface area contributed by atoms with Gasteiger partial charge in [0.2, 0.25) is 0 Å². The first kappa shape index (κ1) is 31.4. The quantitative estimate of drug-likeness (QED) is 0.142. The van der Waals surface area contributed by atoms with Crippen molar-refractivity contribution in [3.05, 3.63) is 107 Å². The highest BCUT2D eigenvalue weighted by Gasteiger charge is 2.33. The van der Waals surface area contributed by atoms with Gasteiger partial charge in [0.15, 0.2) is 11.6 Å². The Morgan fingerprint density at radius 3 is 2.02 bits per heavy atom. The van der Waals surface area contributed by atoms with Gasteiger partial charge in [0.1, 0.15) is 0 Å². The number of ether oxygens (including phenoxy) is 2. The van der Waals surface area contributed by atoms with Crippen molar-refractivity contribution in [3.63, 3.8) is 0 Å². The molecule has 1 N–H and O–H groups in total. The Morgan fingerprint density at radius 2 is 1.38 bits per heavy atom. The van der Waals surface area contributed by atoms with E-state index in [0.29, 0.717) is 11.1 Å². The maximum atomic E-state index is 15.5. The first-order chi connectivity index (χ1) is 19.4. The fourth-order valence-electron chi connectivity index (χ4n) is 4.69. The molecule has 0 aliphatic rings. The zero-order valence-electron chi connectivity index (χ0n) is 23.3. The SMILES string of the molecule is COC(=O)c1ccc([C@H](F)S[C@@H](c2ccccc2CCCCCCCCc2ccccc2)C(O)C(=O)OC)cc1. The van der Waals surface area contributed by atoms with Crippen molar-refractivity contribution in [2.24, 2.45) is 0 Å². The number of hydrogen-bond donors (Lipinski definition) is 1. The lowest BCUT2D eigenvalue weighted by Crippen LogP contribution is -2.28. The zero-order valence-corrected chi connectivity index (χ0v) is 24.1. The molecule has 0 fully saturated rings. The summed E-state index contributed by atoms with van der Waals surface area (Å²) in [6, 6.07) is 24.1. The van der Waals surface area contributed by atoms with Crippen LogP contribution < -0.4 is 0 Å². The van der Waals surface area contributed by atoms with Gasteiger partial charge in [0, 0.05) is 0 Å². The molecule has 3 rings (SSSR count). The highest BCUT2D eigenvalue weighted by Crippen LogP contribution is 2.45. The molecule has 0 saturated carbocycles. The third kappa shape index (κ3) is 9.49. The average Bonchev–Trinajstić information content (AvgIpc) is 3.00. The monoisotopic (exact) mass is 566 g/mol. The zero-order chi connectivity index (χ0) is 28.7. The van der Waals surface area contributed by atoms with Crippen LogP contribution in [0.1, 0.15) is 81.9 Å². The molecule has 214 valence electrons. The Balaban J connectivity index is 1.59. The summed E-state index contributed by atoms with van der Waals surface area (Å²) in [5, 5.41) is 9.99. The topological polar surface area (TPSA) is 72.8 Å². The molecule has 0 aliphatic carbocycles. The fraction of sp³-hybridized carbons (Fsp3) is 0.394. The molecule has 0 heterocycles. The molecule has 0 spiro atoms. The molecule has 3 aromatic carbocycles. The summed E-state index contributed by atoms with van der Waals surface area (Å²) < 4.78 is 25.0. The van der Waals surface area contributed by atoms with Crippen molar-refractivity contribution in [1.29, 1.82) is 0 Å². The largest absolute Gasteiger partial charge is 0.467 e. The number of alkyl halides is 1. The van der Waals surface area contributed by atoms with Crippen LogP contribution in [-0.4, -0.2) is 37.4 Å². The van der Waals surface area contributed by atoms with Gasteiger partial charge in [0.25, 0.3) is 0 Å². The van der Waals surface area contributed by atoms with Gasteiger partial charge in [-0.2, -0.15) is 0 Å². The van der Waals surface area contributed by atoms with E-state index in [2.05, 4.69) is 24.3 Å². The highest BCUT2D eigenvalue weighted by molar-refractivity contribution is 7.99. The highest BCUT2D eigenvalue weighted by atomic mass is 32.2. The summed E-state index contributed by atoms with van der Waals surface area (Å²) in [6.45, 7) is 0. The molecule has 5 nitrogen and oxygen atoms in total. The van der Waals surface area contributed by atoms with E-state index in [4.69, 9.17) is 9.47 Å². The number of esters is 2. The summed E-state index contributed by atoms with van der Waals surface area (Å²) in [5.74, 6) is -1.31. The van der Waals surface area contributed by atoms with Crippen LogP contribution >= 0.6 is 11.8 Å². The van der Waals surface area contributed by atoms with Crippen LogP contribution in [0.4, 0.5) is 4.39 Å². The van der Waals surface area contributed by atoms with E-state index >= 15 is 4.39 Å². The third-order valence-electron chi connectivity index (χ3n) is 6.96. The molecule has 3 atom stereocenters.